The van der Waals surface area contributed by atoms with Crippen LogP contribution >= 0.6 is 0 Å². The molecule has 0 saturated carbocycles. The quantitative estimate of drug-likeness (QED) is 0.526. The van der Waals surface area contributed by atoms with E-state index in [1.54, 1.807) is 11.1 Å². The molecule has 2 atom stereocenters. The van der Waals surface area contributed by atoms with Gasteiger partial charge < -0.3 is 0 Å². The Kier molecular flexibility index (Phi) is 3.44. The van der Waals surface area contributed by atoms with E-state index in [0.29, 0.717) is 5.41 Å². The Morgan fingerprint density at radius 3 is 2.14 bits per heavy atom. The zero-order valence-corrected chi connectivity index (χ0v) is 10.8. The molecule has 0 heterocycles. The van der Waals surface area contributed by atoms with Gasteiger partial charge in [-0.15, -0.1) is 0 Å². The molecular formula is C14H26. The van der Waals surface area contributed by atoms with E-state index in [1.165, 1.54) is 19.3 Å². The molecule has 0 fully saturated rings. The first kappa shape index (κ1) is 11.8. The third-order valence-electron chi connectivity index (χ3n) is 4.26. The van der Waals surface area contributed by atoms with Gasteiger partial charge in [-0.3, -0.25) is 0 Å². The third-order valence-corrected chi connectivity index (χ3v) is 4.26. The van der Waals surface area contributed by atoms with Crippen LogP contribution in [-0.2, 0) is 0 Å². The second-order valence-electron chi connectivity index (χ2n) is 6.22. The standard InChI is InChI=1S/C14H26/c1-10-7-8-13(9-11(10)2)12(3)14(4,5)6/h12-13H,7-9H2,1-6H3. The summed E-state index contributed by atoms with van der Waals surface area (Å²) in [5.74, 6) is 1.75. The Balaban J connectivity index is 2.66. The van der Waals surface area contributed by atoms with Crippen LogP contribution < -0.4 is 0 Å². The molecule has 82 valence electrons. The second-order valence-corrected chi connectivity index (χ2v) is 6.22. The van der Waals surface area contributed by atoms with Crippen LogP contribution in [0.1, 0.15) is 60.8 Å². The molecule has 14 heavy (non-hydrogen) atoms. The van der Waals surface area contributed by atoms with Gasteiger partial charge >= 0.3 is 0 Å². The van der Waals surface area contributed by atoms with Crippen molar-refractivity contribution < 1.29 is 0 Å². The Hall–Kier alpha value is -0.260. The van der Waals surface area contributed by atoms with E-state index < -0.39 is 0 Å². The lowest BCUT2D eigenvalue weighted by atomic mass is 9.68. The molecule has 1 rings (SSSR count). The van der Waals surface area contributed by atoms with Crippen LogP contribution in [-0.4, -0.2) is 0 Å². The largest absolute Gasteiger partial charge is 0.0744 e. The average Bonchev–Trinajstić information content (AvgIpc) is 2.07. The summed E-state index contributed by atoms with van der Waals surface area (Å²) in [5, 5.41) is 0. The highest BCUT2D eigenvalue weighted by Crippen LogP contribution is 2.40. The number of hydrogen-bond donors (Lipinski definition) is 0. The van der Waals surface area contributed by atoms with E-state index in [2.05, 4.69) is 41.5 Å². The van der Waals surface area contributed by atoms with Crippen molar-refractivity contribution in [2.24, 2.45) is 17.3 Å². The summed E-state index contributed by atoms with van der Waals surface area (Å²) in [6.45, 7) is 14.2. The van der Waals surface area contributed by atoms with Crippen LogP contribution in [0.2, 0.25) is 0 Å². The highest BCUT2D eigenvalue weighted by Gasteiger charge is 2.29. The minimum absolute atomic E-state index is 0.468. The molecule has 2 unspecified atom stereocenters. The average molecular weight is 194 g/mol. The van der Waals surface area contributed by atoms with Gasteiger partial charge in [-0.2, -0.15) is 0 Å². The predicted octanol–water partition coefficient (Wildman–Crippen LogP) is 4.81. The molecule has 0 nitrogen and oxygen atoms in total. The van der Waals surface area contributed by atoms with Crippen molar-refractivity contribution in [2.75, 3.05) is 0 Å². The van der Waals surface area contributed by atoms with Crippen LogP contribution in [0.4, 0.5) is 0 Å². The SMILES string of the molecule is CC1=C(C)CC(C(C)C(C)(C)C)CC1. The maximum Gasteiger partial charge on any atom is -0.0289 e. The molecule has 1 aliphatic carbocycles. The van der Waals surface area contributed by atoms with Crippen molar-refractivity contribution in [3.8, 4) is 0 Å². The van der Waals surface area contributed by atoms with E-state index >= 15 is 0 Å². The molecule has 0 amide bonds. The van der Waals surface area contributed by atoms with Gasteiger partial charge in [0.2, 0.25) is 0 Å². The zero-order valence-electron chi connectivity index (χ0n) is 10.8. The highest BCUT2D eigenvalue weighted by atomic mass is 14.3. The van der Waals surface area contributed by atoms with E-state index in [1.807, 2.05) is 0 Å². The summed E-state index contributed by atoms with van der Waals surface area (Å²) in [6, 6.07) is 0. The molecule has 0 spiro atoms. The van der Waals surface area contributed by atoms with Crippen molar-refractivity contribution in [3.63, 3.8) is 0 Å². The van der Waals surface area contributed by atoms with Crippen molar-refractivity contribution in [1.29, 1.82) is 0 Å². The molecule has 0 heteroatoms. The first-order valence-electron chi connectivity index (χ1n) is 5.97. The van der Waals surface area contributed by atoms with Gasteiger partial charge in [0, 0.05) is 0 Å². The van der Waals surface area contributed by atoms with Crippen molar-refractivity contribution >= 4 is 0 Å². The normalized spacial score (nSPS) is 26.6. The monoisotopic (exact) mass is 194 g/mol. The topological polar surface area (TPSA) is 0 Å². The molecule has 0 N–H and O–H groups in total. The minimum Gasteiger partial charge on any atom is -0.0744 e. The summed E-state index contributed by atoms with van der Waals surface area (Å²) in [4.78, 5) is 0. The van der Waals surface area contributed by atoms with Gasteiger partial charge in [0.1, 0.15) is 0 Å². The molecule has 0 saturated heterocycles. The number of rotatable bonds is 1. The molecule has 0 radical (unpaired) electrons. The molecule has 0 aromatic rings. The first-order chi connectivity index (χ1) is 6.32. The minimum atomic E-state index is 0.468. The third kappa shape index (κ3) is 2.62. The fraction of sp³-hybridized carbons (Fsp3) is 0.857. The lowest BCUT2D eigenvalue weighted by molar-refractivity contribution is 0.162. The molecule has 0 aliphatic heterocycles. The Bertz CT molecular complexity index is 227. The summed E-state index contributed by atoms with van der Waals surface area (Å²) in [6.07, 6.45) is 4.07. The smallest absolute Gasteiger partial charge is 0.0289 e. The summed E-state index contributed by atoms with van der Waals surface area (Å²) in [5.41, 5.74) is 3.76. The summed E-state index contributed by atoms with van der Waals surface area (Å²) < 4.78 is 0. The van der Waals surface area contributed by atoms with Crippen LogP contribution in [0.25, 0.3) is 0 Å². The first-order valence-corrected chi connectivity index (χ1v) is 5.97. The number of allylic oxidation sites excluding steroid dienone is 2. The van der Waals surface area contributed by atoms with Crippen LogP contribution in [0.3, 0.4) is 0 Å². The molecule has 0 bridgehead atoms. The van der Waals surface area contributed by atoms with Gasteiger partial charge in [-0.1, -0.05) is 38.8 Å². The number of hydrogen-bond acceptors (Lipinski definition) is 0. The molecule has 0 aromatic heterocycles. The predicted molar refractivity (Wildman–Crippen MR) is 64.3 cm³/mol. The second kappa shape index (κ2) is 4.08. The fourth-order valence-electron chi connectivity index (χ4n) is 2.42. The maximum absolute atomic E-state index is 2.43. The van der Waals surface area contributed by atoms with E-state index in [9.17, 15) is 0 Å². The lowest BCUT2D eigenvalue weighted by Crippen LogP contribution is -2.27. The van der Waals surface area contributed by atoms with Gasteiger partial charge in [0.25, 0.3) is 0 Å². The summed E-state index contributed by atoms with van der Waals surface area (Å²) >= 11 is 0. The van der Waals surface area contributed by atoms with Crippen molar-refractivity contribution in [3.05, 3.63) is 11.1 Å². The van der Waals surface area contributed by atoms with Gasteiger partial charge in [-0.05, 0) is 50.4 Å². The van der Waals surface area contributed by atoms with Gasteiger partial charge in [0.15, 0.2) is 0 Å². The Morgan fingerprint density at radius 2 is 1.71 bits per heavy atom. The molecular weight excluding hydrogens is 168 g/mol. The highest BCUT2D eigenvalue weighted by molar-refractivity contribution is 5.14. The zero-order chi connectivity index (χ0) is 10.9. The van der Waals surface area contributed by atoms with Crippen LogP contribution in [0.5, 0.6) is 0 Å². The van der Waals surface area contributed by atoms with Crippen molar-refractivity contribution in [2.45, 2.75) is 60.8 Å². The fourth-order valence-corrected chi connectivity index (χ4v) is 2.42. The van der Waals surface area contributed by atoms with Crippen LogP contribution in [0, 0.1) is 17.3 Å². The van der Waals surface area contributed by atoms with Crippen molar-refractivity contribution in [1.82, 2.24) is 0 Å². The van der Waals surface area contributed by atoms with Crippen LogP contribution in [0.15, 0.2) is 11.1 Å². The van der Waals surface area contributed by atoms with E-state index in [0.717, 1.165) is 11.8 Å². The maximum atomic E-state index is 2.43. The van der Waals surface area contributed by atoms with Gasteiger partial charge in [-0.25, -0.2) is 0 Å². The van der Waals surface area contributed by atoms with E-state index in [4.69, 9.17) is 0 Å². The van der Waals surface area contributed by atoms with E-state index in [-0.39, 0.29) is 0 Å². The Labute approximate surface area is 89.8 Å². The lowest BCUT2D eigenvalue weighted by Gasteiger charge is -2.37. The van der Waals surface area contributed by atoms with Gasteiger partial charge in [0.05, 0.1) is 0 Å². The molecule has 1 aliphatic rings. The molecule has 0 aromatic carbocycles. The Morgan fingerprint density at radius 1 is 1.14 bits per heavy atom. The summed E-state index contributed by atoms with van der Waals surface area (Å²) in [7, 11) is 0.